The molecule has 0 radical (unpaired) electrons. The van der Waals surface area contributed by atoms with E-state index in [9.17, 15) is 4.79 Å². The molecular weight excluding hydrogens is 412 g/mol. The number of nitrogens with two attached hydrogens (primary N) is 1. The fraction of sp³-hybridized carbons (Fsp3) is 0.0741. The Bertz CT molecular complexity index is 1250. The summed E-state index contributed by atoms with van der Waals surface area (Å²) >= 11 is 0. The second kappa shape index (κ2) is 10.2. The molecule has 0 bridgehead atoms. The zero-order valence-electron chi connectivity index (χ0n) is 18.2. The Morgan fingerprint density at radius 1 is 0.939 bits per heavy atom. The van der Waals surface area contributed by atoms with Crippen molar-refractivity contribution >= 4 is 23.1 Å². The molecule has 33 heavy (non-hydrogen) atoms. The lowest BCUT2D eigenvalue weighted by atomic mass is 10.1. The Labute approximate surface area is 192 Å². The maximum Gasteiger partial charge on any atom is 0.159 e. The smallest absolute Gasteiger partial charge is 0.159 e. The number of ketones is 1. The van der Waals surface area contributed by atoms with Crippen LogP contribution in [0.3, 0.4) is 0 Å². The molecule has 3 N–H and O–H groups in total. The Hall–Kier alpha value is -4.45. The number of nitrogen functional groups attached to an aromatic ring is 1. The zero-order chi connectivity index (χ0) is 23.0. The third-order valence-electron chi connectivity index (χ3n) is 4.95. The van der Waals surface area contributed by atoms with Crippen LogP contribution in [0, 0.1) is 0 Å². The molecule has 3 aromatic carbocycles. The fourth-order valence-corrected chi connectivity index (χ4v) is 3.38. The van der Waals surface area contributed by atoms with Crippen molar-refractivity contribution in [3.63, 3.8) is 0 Å². The first-order chi connectivity index (χ1) is 16.1. The van der Waals surface area contributed by atoms with Gasteiger partial charge in [0.15, 0.2) is 5.78 Å². The number of aromatic nitrogens is 2. The number of nitrogens with zero attached hydrogens (tertiary/aromatic N) is 2. The second-order valence-corrected chi connectivity index (χ2v) is 7.39. The maximum absolute atomic E-state index is 11.8. The van der Waals surface area contributed by atoms with Crippen LogP contribution in [0.4, 0.5) is 17.3 Å². The predicted molar refractivity (Wildman–Crippen MR) is 132 cm³/mol. The largest absolute Gasteiger partial charge is 0.457 e. The summed E-state index contributed by atoms with van der Waals surface area (Å²) in [6.07, 6.45) is 5.13. The number of allylic oxidation sites excluding steroid dienone is 2. The molecule has 6 heteroatoms. The van der Waals surface area contributed by atoms with Gasteiger partial charge >= 0.3 is 0 Å². The van der Waals surface area contributed by atoms with Crippen LogP contribution in [-0.4, -0.2) is 15.8 Å². The molecule has 0 unspecified atom stereocenters. The lowest BCUT2D eigenvalue weighted by Crippen LogP contribution is -2.03. The van der Waals surface area contributed by atoms with Crippen LogP contribution in [0.25, 0.3) is 11.1 Å². The highest BCUT2D eigenvalue weighted by molar-refractivity contribution is 5.91. The molecule has 0 aliphatic heterocycles. The third-order valence-corrected chi connectivity index (χ3v) is 4.95. The van der Waals surface area contributed by atoms with Crippen LogP contribution < -0.4 is 15.8 Å². The van der Waals surface area contributed by atoms with Gasteiger partial charge in [-0.3, -0.25) is 4.79 Å². The quantitative estimate of drug-likeness (QED) is 0.332. The number of benzene rings is 3. The van der Waals surface area contributed by atoms with Crippen molar-refractivity contribution in [3.05, 3.63) is 103 Å². The van der Waals surface area contributed by atoms with Gasteiger partial charge in [-0.15, -0.1) is 0 Å². The maximum atomic E-state index is 11.8. The molecule has 6 nitrogen and oxygen atoms in total. The minimum absolute atomic E-state index is 0.0729. The van der Waals surface area contributed by atoms with Crippen molar-refractivity contribution < 1.29 is 9.53 Å². The van der Waals surface area contributed by atoms with E-state index < -0.39 is 0 Å². The van der Waals surface area contributed by atoms with E-state index in [2.05, 4.69) is 15.3 Å². The van der Waals surface area contributed by atoms with Crippen LogP contribution in [0.15, 0.2) is 97.3 Å². The van der Waals surface area contributed by atoms with Gasteiger partial charge in [0.1, 0.15) is 29.5 Å². The Kier molecular flexibility index (Phi) is 6.75. The molecule has 0 atom stereocenters. The fourth-order valence-electron chi connectivity index (χ4n) is 3.38. The van der Waals surface area contributed by atoms with E-state index in [0.717, 1.165) is 28.3 Å². The van der Waals surface area contributed by atoms with Crippen LogP contribution in [0.2, 0.25) is 0 Å². The van der Waals surface area contributed by atoms with Crippen LogP contribution >= 0.6 is 0 Å². The monoisotopic (exact) mass is 436 g/mol. The standard InChI is InChI=1S/C27H24N4O2/c1-2-6-22(32)17-19-9-13-21(14-10-19)31-27-25(26(28)29-18-30-27)20-11-15-24(16-12-20)33-23-7-4-3-5-8-23/h2-16,18H,17H2,1H3,(H3,28,29,30,31)/b6-2-. The van der Waals surface area contributed by atoms with E-state index >= 15 is 0 Å². The Balaban J connectivity index is 1.53. The van der Waals surface area contributed by atoms with Crippen molar-refractivity contribution in [3.8, 4) is 22.6 Å². The highest BCUT2D eigenvalue weighted by Gasteiger charge is 2.13. The van der Waals surface area contributed by atoms with Crippen molar-refractivity contribution in [1.82, 2.24) is 9.97 Å². The lowest BCUT2D eigenvalue weighted by Gasteiger charge is -2.14. The molecule has 1 aromatic heterocycles. The van der Waals surface area contributed by atoms with E-state index in [1.807, 2.05) is 85.8 Å². The molecule has 0 fully saturated rings. The molecule has 0 aliphatic carbocycles. The molecule has 0 spiro atoms. The van der Waals surface area contributed by atoms with E-state index in [0.29, 0.717) is 23.6 Å². The molecule has 0 saturated heterocycles. The second-order valence-electron chi connectivity index (χ2n) is 7.39. The van der Waals surface area contributed by atoms with Gasteiger partial charge in [-0.2, -0.15) is 0 Å². The van der Waals surface area contributed by atoms with Crippen molar-refractivity contribution in [2.75, 3.05) is 11.1 Å². The highest BCUT2D eigenvalue weighted by Crippen LogP contribution is 2.34. The number of hydrogen-bond acceptors (Lipinski definition) is 6. The summed E-state index contributed by atoms with van der Waals surface area (Å²) in [4.78, 5) is 20.4. The van der Waals surface area contributed by atoms with E-state index in [1.54, 1.807) is 12.2 Å². The summed E-state index contributed by atoms with van der Waals surface area (Å²) in [5.41, 5.74) is 9.56. The minimum atomic E-state index is 0.0729. The molecule has 1 heterocycles. The van der Waals surface area contributed by atoms with Gasteiger partial charge < -0.3 is 15.8 Å². The number of hydrogen-bond donors (Lipinski definition) is 2. The first-order valence-corrected chi connectivity index (χ1v) is 10.6. The molecule has 0 saturated carbocycles. The number of carbonyl (C=O) groups excluding carboxylic acids is 1. The van der Waals surface area contributed by atoms with Gasteiger partial charge in [0.05, 0.1) is 5.56 Å². The van der Waals surface area contributed by atoms with E-state index in [-0.39, 0.29) is 5.78 Å². The molecule has 4 aromatic rings. The lowest BCUT2D eigenvalue weighted by molar-refractivity contribution is -0.114. The normalized spacial score (nSPS) is 10.8. The molecule has 0 aliphatic rings. The zero-order valence-corrected chi connectivity index (χ0v) is 18.2. The van der Waals surface area contributed by atoms with Gasteiger partial charge in [0.25, 0.3) is 0 Å². The molecule has 4 rings (SSSR count). The minimum Gasteiger partial charge on any atom is -0.457 e. The van der Waals surface area contributed by atoms with E-state index in [1.165, 1.54) is 6.33 Å². The summed E-state index contributed by atoms with van der Waals surface area (Å²) in [6, 6.07) is 24.9. The van der Waals surface area contributed by atoms with Crippen molar-refractivity contribution in [2.24, 2.45) is 0 Å². The van der Waals surface area contributed by atoms with Crippen LogP contribution in [-0.2, 0) is 11.2 Å². The summed E-state index contributed by atoms with van der Waals surface area (Å²) in [5.74, 6) is 2.53. The van der Waals surface area contributed by atoms with Gasteiger partial charge in [-0.1, -0.05) is 48.5 Å². The summed E-state index contributed by atoms with van der Waals surface area (Å²) < 4.78 is 5.87. The van der Waals surface area contributed by atoms with Gasteiger partial charge in [0, 0.05) is 12.1 Å². The van der Waals surface area contributed by atoms with Gasteiger partial charge in [-0.05, 0) is 60.5 Å². The average Bonchev–Trinajstić information content (AvgIpc) is 2.82. The Morgan fingerprint density at radius 2 is 1.64 bits per heavy atom. The number of anilines is 3. The van der Waals surface area contributed by atoms with Crippen molar-refractivity contribution in [1.29, 1.82) is 0 Å². The van der Waals surface area contributed by atoms with Gasteiger partial charge in [0.2, 0.25) is 0 Å². The van der Waals surface area contributed by atoms with Crippen molar-refractivity contribution in [2.45, 2.75) is 13.3 Å². The molecule has 164 valence electrons. The SMILES string of the molecule is C/C=C\C(=O)Cc1ccc(Nc2ncnc(N)c2-c2ccc(Oc3ccccc3)cc2)cc1. The topological polar surface area (TPSA) is 90.1 Å². The third kappa shape index (κ3) is 5.62. The average molecular weight is 437 g/mol. The summed E-state index contributed by atoms with van der Waals surface area (Å²) in [5, 5.41) is 3.31. The summed E-state index contributed by atoms with van der Waals surface area (Å²) in [6.45, 7) is 1.83. The number of ether oxygens (including phenoxy) is 1. The van der Waals surface area contributed by atoms with Crippen LogP contribution in [0.5, 0.6) is 11.5 Å². The van der Waals surface area contributed by atoms with E-state index in [4.69, 9.17) is 10.5 Å². The van der Waals surface area contributed by atoms with Gasteiger partial charge in [-0.25, -0.2) is 9.97 Å². The number of nitrogens with one attached hydrogen (secondary N) is 1. The first kappa shape index (κ1) is 21.8. The number of rotatable bonds is 8. The first-order valence-electron chi connectivity index (χ1n) is 10.6. The summed E-state index contributed by atoms with van der Waals surface area (Å²) in [7, 11) is 0. The Morgan fingerprint density at radius 3 is 2.33 bits per heavy atom. The predicted octanol–water partition coefficient (Wildman–Crippen LogP) is 5.95. The number of carbonyl (C=O) groups is 1. The number of para-hydroxylation sites is 1. The molecular formula is C27H24N4O2. The highest BCUT2D eigenvalue weighted by atomic mass is 16.5. The van der Waals surface area contributed by atoms with Crippen LogP contribution in [0.1, 0.15) is 12.5 Å². The molecule has 0 amide bonds.